The maximum Gasteiger partial charge on any atom is 0.264 e. The van der Waals surface area contributed by atoms with Crippen molar-refractivity contribution in [1.82, 2.24) is 19.8 Å². The standard InChI is InChI=1S/C30H33F2N5O4S/c1-19-5-3-6-20(2)27(19)25-16-26-34-29(33-25)35-42(39,40)24-8-4-7-21(15-24)28(38)37-14-13-36(17-23(18-37)41-26)22-9-11-30(31,32)12-10-22/h3-8,15-16,22-23H,9-14,17-18H2,1-2H3,(H,33,34,35). The summed E-state index contributed by atoms with van der Waals surface area (Å²) in [6.07, 6.45) is -0.140. The van der Waals surface area contributed by atoms with Crippen LogP contribution in [0.2, 0.25) is 0 Å². The lowest BCUT2D eigenvalue weighted by atomic mass is 9.91. The van der Waals surface area contributed by atoms with E-state index in [1.807, 2.05) is 32.0 Å². The zero-order chi connectivity index (χ0) is 29.6. The first kappa shape index (κ1) is 28.5. The SMILES string of the molecule is Cc1cccc(C)c1-c1cc2nc(n1)NS(=O)(=O)c1cccc(c1)C(=O)N1CCN(C3CCC(F)(F)CC3)CC(C1)O2. The number of fused-ring (bicyclic) bond motifs is 6. The molecule has 6 rings (SSSR count). The fraction of sp³-hybridized carbons (Fsp3) is 0.433. The van der Waals surface area contributed by atoms with Gasteiger partial charge in [0.2, 0.25) is 17.8 Å². The van der Waals surface area contributed by atoms with Gasteiger partial charge in [0.25, 0.3) is 15.9 Å². The van der Waals surface area contributed by atoms with Crippen molar-refractivity contribution in [2.75, 3.05) is 30.9 Å². The lowest BCUT2D eigenvalue weighted by Crippen LogP contribution is -2.45. The van der Waals surface area contributed by atoms with Gasteiger partial charge in [0.05, 0.1) is 17.1 Å². The number of alkyl halides is 2. The number of benzene rings is 2. The van der Waals surface area contributed by atoms with Crippen LogP contribution in [0.5, 0.6) is 5.88 Å². The summed E-state index contributed by atoms with van der Waals surface area (Å²) >= 11 is 0. The Morgan fingerprint density at radius 1 is 0.976 bits per heavy atom. The highest BCUT2D eigenvalue weighted by Crippen LogP contribution is 2.36. The number of carbonyl (C=O) groups excluding carboxylic acids is 1. The highest BCUT2D eigenvalue weighted by Gasteiger charge is 2.39. The predicted molar refractivity (Wildman–Crippen MR) is 153 cm³/mol. The molecule has 9 nitrogen and oxygen atoms in total. The molecular formula is C30H33F2N5O4S. The molecule has 1 aromatic heterocycles. The molecule has 1 saturated heterocycles. The third kappa shape index (κ3) is 5.82. The molecule has 2 aliphatic heterocycles. The van der Waals surface area contributed by atoms with E-state index in [0.29, 0.717) is 38.2 Å². The Bertz CT molecular complexity index is 1600. The number of hydrogen-bond acceptors (Lipinski definition) is 7. The number of amides is 1. The van der Waals surface area contributed by atoms with Crippen LogP contribution in [0, 0.1) is 13.8 Å². The average Bonchev–Trinajstić information content (AvgIpc) is 3.14. The van der Waals surface area contributed by atoms with Gasteiger partial charge < -0.3 is 9.64 Å². The van der Waals surface area contributed by atoms with Crippen molar-refractivity contribution in [3.05, 3.63) is 65.2 Å². The van der Waals surface area contributed by atoms with Crippen molar-refractivity contribution < 1.29 is 26.7 Å². The van der Waals surface area contributed by atoms with E-state index in [4.69, 9.17) is 4.74 Å². The molecule has 0 radical (unpaired) electrons. The molecular weight excluding hydrogens is 564 g/mol. The lowest BCUT2D eigenvalue weighted by molar-refractivity contribution is -0.0552. The molecule has 0 spiro atoms. The zero-order valence-corrected chi connectivity index (χ0v) is 24.3. The van der Waals surface area contributed by atoms with Gasteiger partial charge in [0, 0.05) is 55.7 Å². The van der Waals surface area contributed by atoms with Crippen molar-refractivity contribution >= 4 is 21.9 Å². The summed E-state index contributed by atoms with van der Waals surface area (Å²) in [4.78, 5) is 26.4. The molecule has 3 aromatic rings. The van der Waals surface area contributed by atoms with E-state index in [0.717, 1.165) is 16.7 Å². The Balaban J connectivity index is 1.44. The van der Waals surface area contributed by atoms with E-state index in [9.17, 15) is 22.0 Å². The molecule has 222 valence electrons. The number of nitrogens with zero attached hydrogens (tertiary/aromatic N) is 4. The number of anilines is 1. The molecule has 12 heteroatoms. The van der Waals surface area contributed by atoms with E-state index >= 15 is 0 Å². The van der Waals surface area contributed by atoms with Crippen LogP contribution in [-0.4, -0.2) is 78.3 Å². The highest BCUT2D eigenvalue weighted by atomic mass is 32.2. The molecule has 2 fully saturated rings. The quantitative estimate of drug-likeness (QED) is 0.458. The third-order valence-corrected chi connectivity index (χ3v) is 9.68. The van der Waals surface area contributed by atoms with Crippen molar-refractivity contribution in [2.24, 2.45) is 0 Å². The van der Waals surface area contributed by atoms with Gasteiger partial charge in [-0.2, -0.15) is 4.98 Å². The van der Waals surface area contributed by atoms with Crippen LogP contribution in [0.1, 0.15) is 47.2 Å². The number of hydrogen-bond donors (Lipinski definition) is 1. The molecule has 1 saturated carbocycles. The predicted octanol–water partition coefficient (Wildman–Crippen LogP) is 4.66. The second kappa shape index (κ2) is 10.9. The number of aromatic nitrogens is 2. The van der Waals surface area contributed by atoms with Crippen LogP contribution < -0.4 is 9.46 Å². The van der Waals surface area contributed by atoms with Gasteiger partial charge in [-0.3, -0.25) is 9.69 Å². The molecule has 1 unspecified atom stereocenters. The zero-order valence-electron chi connectivity index (χ0n) is 23.5. The first-order valence-electron chi connectivity index (χ1n) is 14.1. The van der Waals surface area contributed by atoms with Crippen LogP contribution in [0.3, 0.4) is 0 Å². The molecule has 3 aliphatic rings. The fourth-order valence-electron chi connectivity index (χ4n) is 6.18. The topological polar surface area (TPSA) is 105 Å². The fourth-order valence-corrected chi connectivity index (χ4v) is 7.17. The number of carbonyl (C=O) groups is 1. The van der Waals surface area contributed by atoms with Gasteiger partial charge in [-0.15, -0.1) is 0 Å². The largest absolute Gasteiger partial charge is 0.471 e. The van der Waals surface area contributed by atoms with Gasteiger partial charge in [-0.25, -0.2) is 26.9 Å². The Morgan fingerprint density at radius 3 is 2.43 bits per heavy atom. The van der Waals surface area contributed by atoms with Crippen LogP contribution in [0.4, 0.5) is 14.7 Å². The summed E-state index contributed by atoms with van der Waals surface area (Å²) in [7, 11) is -4.13. The second-order valence-electron chi connectivity index (χ2n) is 11.4. The van der Waals surface area contributed by atoms with E-state index in [1.54, 1.807) is 17.0 Å². The number of sulfonamides is 1. The van der Waals surface area contributed by atoms with Crippen LogP contribution in [0.15, 0.2) is 53.4 Å². The number of halogens is 2. The minimum Gasteiger partial charge on any atom is -0.471 e. The molecule has 6 bridgehead atoms. The Morgan fingerprint density at radius 2 is 1.69 bits per heavy atom. The molecule has 1 atom stereocenters. The number of nitrogens with one attached hydrogen (secondary N) is 1. The first-order valence-corrected chi connectivity index (χ1v) is 15.6. The molecule has 42 heavy (non-hydrogen) atoms. The van der Waals surface area contributed by atoms with Crippen LogP contribution >= 0.6 is 0 Å². The van der Waals surface area contributed by atoms with E-state index in [-0.39, 0.29) is 53.6 Å². The Labute approximate surface area is 244 Å². The summed E-state index contributed by atoms with van der Waals surface area (Å²) in [5, 5.41) is 0. The Kier molecular flexibility index (Phi) is 7.38. The maximum atomic E-state index is 14.0. The summed E-state index contributed by atoms with van der Waals surface area (Å²) in [5.41, 5.74) is 3.45. The highest BCUT2D eigenvalue weighted by molar-refractivity contribution is 7.92. The molecule has 3 heterocycles. The van der Waals surface area contributed by atoms with Gasteiger partial charge in [0.1, 0.15) is 6.10 Å². The van der Waals surface area contributed by atoms with Crippen molar-refractivity contribution in [1.29, 1.82) is 0 Å². The summed E-state index contributed by atoms with van der Waals surface area (Å²) < 4.78 is 63.6. The first-order chi connectivity index (χ1) is 20.0. The number of ether oxygens (including phenoxy) is 1. The number of aryl methyl sites for hydroxylation is 2. The summed E-state index contributed by atoms with van der Waals surface area (Å²) in [6, 6.07) is 13.3. The smallest absolute Gasteiger partial charge is 0.264 e. The van der Waals surface area contributed by atoms with E-state index in [2.05, 4.69) is 19.6 Å². The summed E-state index contributed by atoms with van der Waals surface area (Å²) in [6.45, 7) is 5.37. The van der Waals surface area contributed by atoms with Crippen LogP contribution in [-0.2, 0) is 10.0 Å². The van der Waals surface area contributed by atoms with Gasteiger partial charge in [-0.05, 0) is 56.0 Å². The van der Waals surface area contributed by atoms with Crippen LogP contribution in [0.25, 0.3) is 11.3 Å². The molecule has 1 N–H and O–H groups in total. The van der Waals surface area contributed by atoms with E-state index < -0.39 is 22.0 Å². The second-order valence-corrected chi connectivity index (χ2v) is 13.1. The molecule has 2 aromatic carbocycles. The monoisotopic (exact) mass is 597 g/mol. The van der Waals surface area contributed by atoms with Gasteiger partial charge >= 0.3 is 0 Å². The van der Waals surface area contributed by atoms with Crippen molar-refractivity contribution in [3.63, 3.8) is 0 Å². The molecule has 1 amide bonds. The van der Waals surface area contributed by atoms with Crippen molar-refractivity contribution in [3.8, 4) is 17.1 Å². The minimum atomic E-state index is -4.13. The lowest BCUT2D eigenvalue weighted by Gasteiger charge is -2.37. The van der Waals surface area contributed by atoms with E-state index in [1.165, 1.54) is 18.2 Å². The summed E-state index contributed by atoms with van der Waals surface area (Å²) in [5.74, 6) is -2.97. The average molecular weight is 598 g/mol. The number of rotatable bonds is 2. The maximum absolute atomic E-state index is 14.0. The Hall–Kier alpha value is -3.64. The minimum absolute atomic E-state index is 0.0501. The van der Waals surface area contributed by atoms with Gasteiger partial charge in [-0.1, -0.05) is 24.3 Å². The third-order valence-electron chi connectivity index (χ3n) is 8.35. The van der Waals surface area contributed by atoms with Gasteiger partial charge in [0.15, 0.2) is 0 Å². The normalized spacial score (nSPS) is 22.5. The van der Waals surface area contributed by atoms with Crippen molar-refractivity contribution in [2.45, 2.75) is 62.5 Å². The molecule has 1 aliphatic carbocycles.